The molecule has 0 radical (unpaired) electrons. The highest BCUT2D eigenvalue weighted by molar-refractivity contribution is 7.15. The molecule has 3 rings (SSSR count). The third-order valence-corrected chi connectivity index (χ3v) is 4.65. The van der Waals surface area contributed by atoms with Gasteiger partial charge >= 0.3 is 0 Å². The van der Waals surface area contributed by atoms with Gasteiger partial charge in [-0.25, -0.2) is 4.98 Å². The van der Waals surface area contributed by atoms with E-state index >= 15 is 0 Å². The third kappa shape index (κ3) is 2.86. The predicted molar refractivity (Wildman–Crippen MR) is 77.4 cm³/mol. The molecule has 0 amide bonds. The molecular formula is C13H12Cl2N2S. The fourth-order valence-electron chi connectivity index (χ4n) is 1.68. The number of halogens is 2. The van der Waals surface area contributed by atoms with Gasteiger partial charge in [-0.05, 0) is 25.0 Å². The Bertz CT molecular complexity index is 564. The Labute approximate surface area is 120 Å². The molecule has 0 aliphatic heterocycles. The first-order valence-corrected chi connectivity index (χ1v) is 7.43. The van der Waals surface area contributed by atoms with E-state index in [0.29, 0.717) is 10.0 Å². The summed E-state index contributed by atoms with van der Waals surface area (Å²) >= 11 is 13.6. The van der Waals surface area contributed by atoms with Gasteiger partial charge in [-0.2, -0.15) is 0 Å². The first kappa shape index (κ1) is 12.4. The zero-order valence-corrected chi connectivity index (χ0v) is 11.9. The van der Waals surface area contributed by atoms with E-state index in [1.54, 1.807) is 11.3 Å². The smallest absolute Gasteiger partial charge is 0.123 e. The lowest BCUT2D eigenvalue weighted by molar-refractivity contribution is 0.694. The number of hydrogen-bond donors (Lipinski definition) is 1. The largest absolute Gasteiger partial charge is 0.309 e. The second-order valence-corrected chi connectivity index (χ2v) is 6.35. The Morgan fingerprint density at radius 2 is 2.11 bits per heavy atom. The molecule has 18 heavy (non-hydrogen) atoms. The molecule has 1 fully saturated rings. The van der Waals surface area contributed by atoms with Crippen molar-refractivity contribution in [1.29, 1.82) is 0 Å². The van der Waals surface area contributed by atoms with Crippen LogP contribution in [0.1, 0.15) is 17.7 Å². The Morgan fingerprint density at radius 1 is 1.28 bits per heavy atom. The van der Waals surface area contributed by atoms with Crippen LogP contribution < -0.4 is 5.32 Å². The van der Waals surface area contributed by atoms with Gasteiger partial charge in [-0.15, -0.1) is 11.3 Å². The average Bonchev–Trinajstić information content (AvgIpc) is 3.08. The van der Waals surface area contributed by atoms with Crippen LogP contribution in [0, 0.1) is 0 Å². The normalized spacial score (nSPS) is 15.0. The van der Waals surface area contributed by atoms with Crippen LogP contribution in [0.2, 0.25) is 10.0 Å². The maximum absolute atomic E-state index is 6.01. The van der Waals surface area contributed by atoms with Crippen molar-refractivity contribution in [3.8, 4) is 10.6 Å². The Morgan fingerprint density at radius 3 is 2.83 bits per heavy atom. The zero-order valence-electron chi connectivity index (χ0n) is 9.62. The minimum Gasteiger partial charge on any atom is -0.309 e. The highest BCUT2D eigenvalue weighted by Gasteiger charge is 2.20. The van der Waals surface area contributed by atoms with Crippen molar-refractivity contribution in [3.05, 3.63) is 39.3 Å². The Balaban J connectivity index is 1.76. The van der Waals surface area contributed by atoms with Crippen LogP contribution in [0.25, 0.3) is 10.6 Å². The number of rotatable bonds is 4. The fourth-order valence-corrected chi connectivity index (χ4v) is 2.84. The van der Waals surface area contributed by atoms with Gasteiger partial charge in [-0.3, -0.25) is 0 Å². The molecular weight excluding hydrogens is 287 g/mol. The molecule has 5 heteroatoms. The van der Waals surface area contributed by atoms with Crippen molar-refractivity contribution < 1.29 is 0 Å². The van der Waals surface area contributed by atoms with Crippen LogP contribution in [0.15, 0.2) is 24.4 Å². The van der Waals surface area contributed by atoms with Gasteiger partial charge in [0.1, 0.15) is 5.01 Å². The minimum absolute atomic E-state index is 0.571. The van der Waals surface area contributed by atoms with Crippen LogP contribution in [-0.4, -0.2) is 11.0 Å². The van der Waals surface area contributed by atoms with Gasteiger partial charge in [0.2, 0.25) is 0 Å². The Hall–Kier alpha value is -0.610. The minimum atomic E-state index is 0.571. The van der Waals surface area contributed by atoms with Gasteiger partial charge in [-0.1, -0.05) is 29.3 Å². The van der Waals surface area contributed by atoms with Crippen molar-refractivity contribution in [3.63, 3.8) is 0 Å². The summed E-state index contributed by atoms with van der Waals surface area (Å²) in [5.41, 5.74) is 1.02. The molecule has 1 aromatic heterocycles. The molecule has 1 aliphatic carbocycles. The van der Waals surface area contributed by atoms with Crippen LogP contribution in [0.3, 0.4) is 0 Å². The topological polar surface area (TPSA) is 24.9 Å². The zero-order chi connectivity index (χ0) is 12.5. The Kier molecular flexibility index (Phi) is 3.57. The highest BCUT2D eigenvalue weighted by atomic mass is 35.5. The molecule has 1 N–H and O–H groups in total. The van der Waals surface area contributed by atoms with E-state index in [2.05, 4.69) is 10.3 Å². The molecule has 2 aromatic rings. The number of nitrogens with zero attached hydrogens (tertiary/aromatic N) is 1. The number of aromatic nitrogens is 1. The monoisotopic (exact) mass is 298 g/mol. The van der Waals surface area contributed by atoms with E-state index in [0.717, 1.165) is 23.2 Å². The second kappa shape index (κ2) is 5.17. The lowest BCUT2D eigenvalue weighted by Gasteiger charge is -1.99. The van der Waals surface area contributed by atoms with Gasteiger partial charge in [0, 0.05) is 29.2 Å². The van der Waals surface area contributed by atoms with Crippen LogP contribution in [0.4, 0.5) is 0 Å². The lowest BCUT2D eigenvalue weighted by Crippen LogP contribution is -2.14. The molecule has 1 heterocycles. The summed E-state index contributed by atoms with van der Waals surface area (Å²) in [4.78, 5) is 5.69. The van der Waals surface area contributed by atoms with Gasteiger partial charge in [0.25, 0.3) is 0 Å². The second-order valence-electron chi connectivity index (χ2n) is 4.42. The van der Waals surface area contributed by atoms with Gasteiger partial charge in [0.05, 0.1) is 10.0 Å². The van der Waals surface area contributed by atoms with Crippen molar-refractivity contribution in [2.24, 2.45) is 0 Å². The summed E-state index contributed by atoms with van der Waals surface area (Å²) in [5, 5.41) is 5.62. The molecule has 1 aromatic carbocycles. The fraction of sp³-hybridized carbons (Fsp3) is 0.308. The van der Waals surface area contributed by atoms with Crippen molar-refractivity contribution in [2.45, 2.75) is 25.4 Å². The first-order valence-electron chi connectivity index (χ1n) is 5.86. The van der Waals surface area contributed by atoms with Gasteiger partial charge < -0.3 is 5.32 Å². The highest BCUT2D eigenvalue weighted by Crippen LogP contribution is 2.31. The summed E-state index contributed by atoms with van der Waals surface area (Å²) in [6, 6.07) is 6.34. The van der Waals surface area contributed by atoms with E-state index in [1.165, 1.54) is 17.7 Å². The predicted octanol–water partition coefficient (Wildman–Crippen LogP) is 4.37. The molecule has 0 bridgehead atoms. The summed E-state index contributed by atoms with van der Waals surface area (Å²) in [7, 11) is 0. The third-order valence-electron chi connectivity index (χ3n) is 2.86. The molecule has 0 unspecified atom stereocenters. The van der Waals surface area contributed by atoms with Gasteiger partial charge in [0.15, 0.2) is 0 Å². The van der Waals surface area contributed by atoms with E-state index in [1.807, 2.05) is 24.4 Å². The molecule has 1 aliphatic rings. The molecule has 94 valence electrons. The quantitative estimate of drug-likeness (QED) is 0.907. The maximum atomic E-state index is 6.01. The van der Waals surface area contributed by atoms with E-state index < -0.39 is 0 Å². The number of hydrogen-bond acceptors (Lipinski definition) is 3. The number of nitrogens with one attached hydrogen (secondary N) is 1. The van der Waals surface area contributed by atoms with Crippen LogP contribution >= 0.6 is 34.5 Å². The first-order chi connectivity index (χ1) is 8.72. The van der Waals surface area contributed by atoms with Crippen molar-refractivity contribution in [2.75, 3.05) is 0 Å². The standard InChI is InChI=1S/C13H12Cl2N2S/c14-11-4-1-8(5-12(11)15)13-17-7-10(18-13)6-16-9-2-3-9/h1,4-5,7,9,16H,2-3,6H2. The summed E-state index contributed by atoms with van der Waals surface area (Å²) in [6.07, 6.45) is 4.54. The molecule has 0 saturated heterocycles. The molecule has 0 spiro atoms. The summed E-state index contributed by atoms with van der Waals surface area (Å²) < 4.78 is 0. The number of benzene rings is 1. The molecule has 1 saturated carbocycles. The van der Waals surface area contributed by atoms with Crippen LogP contribution in [-0.2, 0) is 6.54 Å². The van der Waals surface area contributed by atoms with E-state index in [-0.39, 0.29) is 0 Å². The van der Waals surface area contributed by atoms with Crippen LogP contribution in [0.5, 0.6) is 0 Å². The van der Waals surface area contributed by atoms with Crippen molar-refractivity contribution >= 4 is 34.5 Å². The summed E-state index contributed by atoms with van der Waals surface area (Å²) in [5.74, 6) is 0. The SMILES string of the molecule is Clc1ccc(-c2ncc(CNC3CC3)s2)cc1Cl. The van der Waals surface area contributed by atoms with E-state index in [4.69, 9.17) is 23.2 Å². The molecule has 2 nitrogen and oxygen atoms in total. The molecule has 0 atom stereocenters. The number of thiazole rings is 1. The van der Waals surface area contributed by atoms with Crippen molar-refractivity contribution in [1.82, 2.24) is 10.3 Å². The summed E-state index contributed by atoms with van der Waals surface area (Å²) in [6.45, 7) is 0.906. The lowest BCUT2D eigenvalue weighted by atomic mass is 10.2. The maximum Gasteiger partial charge on any atom is 0.123 e. The average molecular weight is 299 g/mol. The van der Waals surface area contributed by atoms with E-state index in [9.17, 15) is 0 Å².